The number of carboxylic acid groups (broad SMARTS) is 1. The van der Waals surface area contributed by atoms with Crippen LogP contribution in [0.3, 0.4) is 0 Å². The second-order valence-electron chi connectivity index (χ2n) is 4.29. The summed E-state index contributed by atoms with van der Waals surface area (Å²) in [5, 5.41) is 11.0. The SMILES string of the molecule is CCNS(=O)(=O)c1ccccc1NC(=O)CCCC(=O)O. The van der Waals surface area contributed by atoms with E-state index in [9.17, 15) is 18.0 Å². The Kier molecular flexibility index (Phi) is 6.32. The lowest BCUT2D eigenvalue weighted by atomic mass is 10.2. The first kappa shape index (κ1) is 17.1. The van der Waals surface area contributed by atoms with Crippen molar-refractivity contribution in [2.24, 2.45) is 0 Å². The third-order valence-corrected chi connectivity index (χ3v) is 4.18. The van der Waals surface area contributed by atoms with Gasteiger partial charge in [-0.2, -0.15) is 0 Å². The number of hydrogen-bond donors (Lipinski definition) is 3. The number of carbonyl (C=O) groups is 2. The van der Waals surface area contributed by atoms with Gasteiger partial charge in [0.05, 0.1) is 5.69 Å². The van der Waals surface area contributed by atoms with Crippen molar-refractivity contribution in [2.75, 3.05) is 11.9 Å². The molecule has 0 aromatic heterocycles. The van der Waals surface area contributed by atoms with Gasteiger partial charge in [-0.25, -0.2) is 13.1 Å². The topological polar surface area (TPSA) is 113 Å². The van der Waals surface area contributed by atoms with Gasteiger partial charge in [0, 0.05) is 19.4 Å². The zero-order chi connectivity index (χ0) is 15.9. The molecule has 8 heteroatoms. The molecule has 0 fully saturated rings. The third-order valence-electron chi connectivity index (χ3n) is 2.58. The van der Waals surface area contributed by atoms with Crippen molar-refractivity contribution in [1.82, 2.24) is 4.72 Å². The van der Waals surface area contributed by atoms with Gasteiger partial charge in [0.25, 0.3) is 0 Å². The first-order chi connectivity index (χ1) is 9.86. The number of carbonyl (C=O) groups excluding carboxylic acids is 1. The van der Waals surface area contributed by atoms with Crippen molar-refractivity contribution >= 4 is 27.6 Å². The van der Waals surface area contributed by atoms with E-state index in [0.717, 1.165) is 0 Å². The second kappa shape index (κ2) is 7.75. The number of sulfonamides is 1. The fraction of sp³-hybridized carbons (Fsp3) is 0.385. The van der Waals surface area contributed by atoms with Gasteiger partial charge in [-0.3, -0.25) is 9.59 Å². The molecule has 116 valence electrons. The summed E-state index contributed by atoms with van der Waals surface area (Å²) in [6.45, 7) is 1.90. The van der Waals surface area contributed by atoms with E-state index in [1.807, 2.05) is 0 Å². The fourth-order valence-electron chi connectivity index (χ4n) is 1.68. The number of carboxylic acids is 1. The van der Waals surface area contributed by atoms with Crippen LogP contribution in [-0.2, 0) is 19.6 Å². The van der Waals surface area contributed by atoms with Crippen LogP contribution in [0.1, 0.15) is 26.2 Å². The quantitative estimate of drug-likeness (QED) is 0.667. The highest BCUT2D eigenvalue weighted by Crippen LogP contribution is 2.20. The summed E-state index contributed by atoms with van der Waals surface area (Å²) in [5.41, 5.74) is 0.179. The Hall–Kier alpha value is -1.93. The fourth-order valence-corrected chi connectivity index (χ4v) is 2.89. The van der Waals surface area contributed by atoms with E-state index in [2.05, 4.69) is 10.0 Å². The third kappa shape index (κ3) is 5.52. The molecule has 1 aromatic carbocycles. The van der Waals surface area contributed by atoms with Crippen LogP contribution in [0.5, 0.6) is 0 Å². The number of nitrogens with one attached hydrogen (secondary N) is 2. The van der Waals surface area contributed by atoms with Crippen LogP contribution in [0.15, 0.2) is 29.2 Å². The summed E-state index contributed by atoms with van der Waals surface area (Å²) in [5.74, 6) is -1.40. The van der Waals surface area contributed by atoms with Gasteiger partial charge < -0.3 is 10.4 Å². The largest absolute Gasteiger partial charge is 0.481 e. The number of anilines is 1. The number of aliphatic carboxylic acids is 1. The van der Waals surface area contributed by atoms with Crippen LogP contribution in [0.2, 0.25) is 0 Å². The molecule has 0 saturated carbocycles. The molecular weight excluding hydrogens is 296 g/mol. The lowest BCUT2D eigenvalue weighted by molar-refractivity contribution is -0.137. The normalized spacial score (nSPS) is 11.1. The van der Waals surface area contributed by atoms with Gasteiger partial charge >= 0.3 is 5.97 Å². The van der Waals surface area contributed by atoms with Gasteiger partial charge in [-0.1, -0.05) is 19.1 Å². The Morgan fingerprint density at radius 1 is 1.19 bits per heavy atom. The molecule has 0 bridgehead atoms. The monoisotopic (exact) mass is 314 g/mol. The van der Waals surface area contributed by atoms with Gasteiger partial charge in [-0.15, -0.1) is 0 Å². The predicted octanol–water partition coefficient (Wildman–Crippen LogP) is 1.18. The Morgan fingerprint density at radius 2 is 1.86 bits per heavy atom. The Bertz CT molecular complexity index is 613. The summed E-state index contributed by atoms with van der Waals surface area (Å²) in [7, 11) is -3.68. The minimum atomic E-state index is -3.68. The standard InChI is InChI=1S/C13H18N2O5S/c1-2-14-21(19,20)11-7-4-3-6-10(11)15-12(16)8-5-9-13(17)18/h3-4,6-7,14H,2,5,8-9H2,1H3,(H,15,16)(H,17,18). The predicted molar refractivity (Wildman–Crippen MR) is 77.4 cm³/mol. The lowest BCUT2D eigenvalue weighted by Gasteiger charge is -2.11. The van der Waals surface area contributed by atoms with Crippen LogP contribution < -0.4 is 10.0 Å². The van der Waals surface area contributed by atoms with Gasteiger partial charge in [0.1, 0.15) is 4.90 Å². The smallest absolute Gasteiger partial charge is 0.303 e. The lowest BCUT2D eigenvalue weighted by Crippen LogP contribution is -2.25. The van der Waals surface area contributed by atoms with Crippen LogP contribution in [-0.4, -0.2) is 31.9 Å². The number of hydrogen-bond acceptors (Lipinski definition) is 4. The number of rotatable bonds is 8. The van der Waals surface area contributed by atoms with E-state index >= 15 is 0 Å². The minimum absolute atomic E-state index is 0.0153. The van der Waals surface area contributed by atoms with Crippen molar-refractivity contribution in [1.29, 1.82) is 0 Å². The molecule has 0 radical (unpaired) electrons. The summed E-state index contributed by atoms with van der Waals surface area (Å²) >= 11 is 0. The number of amides is 1. The highest BCUT2D eigenvalue weighted by molar-refractivity contribution is 7.89. The summed E-state index contributed by atoms with van der Waals surface area (Å²) in [6.07, 6.45) is 0.107. The second-order valence-corrected chi connectivity index (χ2v) is 6.03. The number of para-hydroxylation sites is 1. The van der Waals surface area contributed by atoms with Crippen LogP contribution >= 0.6 is 0 Å². The average Bonchev–Trinajstić information content (AvgIpc) is 2.38. The maximum atomic E-state index is 12.0. The van der Waals surface area contributed by atoms with Gasteiger partial charge in [0.2, 0.25) is 15.9 Å². The van der Waals surface area contributed by atoms with Crippen molar-refractivity contribution in [3.63, 3.8) is 0 Å². The summed E-state index contributed by atoms with van der Waals surface area (Å²) in [6, 6.07) is 6.05. The number of benzene rings is 1. The first-order valence-electron chi connectivity index (χ1n) is 6.47. The van der Waals surface area contributed by atoms with Crippen molar-refractivity contribution in [3.05, 3.63) is 24.3 Å². The highest BCUT2D eigenvalue weighted by Gasteiger charge is 2.18. The van der Waals surface area contributed by atoms with Crippen LogP contribution in [0, 0.1) is 0 Å². The van der Waals surface area contributed by atoms with Crippen molar-refractivity contribution in [3.8, 4) is 0 Å². The minimum Gasteiger partial charge on any atom is -0.481 e. The molecule has 21 heavy (non-hydrogen) atoms. The highest BCUT2D eigenvalue weighted by atomic mass is 32.2. The zero-order valence-electron chi connectivity index (χ0n) is 11.6. The molecular formula is C13H18N2O5S. The Balaban J connectivity index is 2.80. The van der Waals surface area contributed by atoms with E-state index < -0.39 is 21.9 Å². The van der Waals surface area contributed by atoms with E-state index in [1.165, 1.54) is 12.1 Å². The van der Waals surface area contributed by atoms with Crippen LogP contribution in [0.25, 0.3) is 0 Å². The summed E-state index contributed by atoms with van der Waals surface area (Å²) < 4.78 is 26.3. The molecule has 0 atom stereocenters. The molecule has 7 nitrogen and oxygen atoms in total. The molecule has 0 heterocycles. The maximum Gasteiger partial charge on any atom is 0.303 e. The van der Waals surface area contributed by atoms with Crippen LogP contribution in [0.4, 0.5) is 5.69 Å². The zero-order valence-corrected chi connectivity index (χ0v) is 12.4. The first-order valence-corrected chi connectivity index (χ1v) is 7.95. The average molecular weight is 314 g/mol. The summed E-state index contributed by atoms with van der Waals surface area (Å²) in [4.78, 5) is 22.1. The molecule has 3 N–H and O–H groups in total. The molecule has 0 aliphatic heterocycles. The van der Waals surface area contributed by atoms with E-state index in [-0.39, 0.29) is 36.4 Å². The maximum absolute atomic E-state index is 12.0. The van der Waals surface area contributed by atoms with Gasteiger partial charge in [0.15, 0.2) is 0 Å². The molecule has 1 aromatic rings. The molecule has 0 spiro atoms. The van der Waals surface area contributed by atoms with Gasteiger partial charge in [-0.05, 0) is 18.6 Å². The van der Waals surface area contributed by atoms with E-state index in [1.54, 1.807) is 19.1 Å². The van der Waals surface area contributed by atoms with E-state index in [0.29, 0.717) is 0 Å². The molecule has 0 unspecified atom stereocenters. The van der Waals surface area contributed by atoms with Crippen molar-refractivity contribution < 1.29 is 23.1 Å². The Morgan fingerprint density at radius 3 is 2.48 bits per heavy atom. The molecule has 0 aliphatic carbocycles. The van der Waals surface area contributed by atoms with Crippen molar-refractivity contribution in [2.45, 2.75) is 31.1 Å². The molecule has 1 amide bonds. The molecule has 0 aliphatic rings. The van der Waals surface area contributed by atoms with E-state index in [4.69, 9.17) is 5.11 Å². The molecule has 0 saturated heterocycles. The Labute approximate surface area is 123 Å². The molecule has 1 rings (SSSR count).